The van der Waals surface area contributed by atoms with Gasteiger partial charge in [-0.05, 0) is 38.7 Å². The van der Waals surface area contributed by atoms with Gasteiger partial charge in [-0.25, -0.2) is 0 Å². The van der Waals surface area contributed by atoms with Crippen molar-refractivity contribution in [1.29, 1.82) is 0 Å². The first kappa shape index (κ1) is 9.53. The molecule has 1 nitrogen and oxygen atoms in total. The molecule has 0 aromatic heterocycles. The maximum Gasteiger partial charge on any atom is 0.0207 e. The first-order chi connectivity index (χ1) is 5.70. The van der Waals surface area contributed by atoms with Gasteiger partial charge in [-0.2, -0.15) is 0 Å². The highest BCUT2D eigenvalue weighted by atomic mass is 15.0. The minimum atomic E-state index is 0.414. The molecular formula is C11H19N. The highest BCUT2D eigenvalue weighted by Crippen LogP contribution is 2.30. The molecule has 0 unspecified atom stereocenters. The molecule has 1 aliphatic carbocycles. The van der Waals surface area contributed by atoms with Gasteiger partial charge >= 0.3 is 0 Å². The lowest BCUT2D eigenvalue weighted by atomic mass is 9.78. The van der Waals surface area contributed by atoms with Gasteiger partial charge in [-0.15, -0.1) is 0 Å². The minimum absolute atomic E-state index is 0.414. The highest BCUT2D eigenvalue weighted by molar-refractivity contribution is 5.17. The summed E-state index contributed by atoms with van der Waals surface area (Å²) in [5.74, 6) is 0. The topological polar surface area (TPSA) is 12.0 Å². The summed E-state index contributed by atoms with van der Waals surface area (Å²) in [5, 5.41) is 3.56. The lowest BCUT2D eigenvalue weighted by Crippen LogP contribution is -2.48. The van der Waals surface area contributed by atoms with Crippen LogP contribution in [0.1, 0.15) is 33.1 Å². The van der Waals surface area contributed by atoms with Gasteiger partial charge in [0.15, 0.2) is 0 Å². The van der Waals surface area contributed by atoms with E-state index in [2.05, 4.69) is 31.8 Å². The van der Waals surface area contributed by atoms with Gasteiger partial charge in [0.1, 0.15) is 0 Å². The quantitative estimate of drug-likeness (QED) is 0.631. The number of rotatable bonds is 4. The average molecular weight is 165 g/mol. The molecule has 1 rings (SSSR count). The van der Waals surface area contributed by atoms with Crippen molar-refractivity contribution < 1.29 is 0 Å². The fourth-order valence-electron chi connectivity index (χ4n) is 1.49. The summed E-state index contributed by atoms with van der Waals surface area (Å²) in [4.78, 5) is 0. The minimum Gasteiger partial charge on any atom is -0.307 e. The lowest BCUT2D eigenvalue weighted by Gasteiger charge is -2.39. The van der Waals surface area contributed by atoms with Crippen LogP contribution in [0.5, 0.6) is 0 Å². The first-order valence-corrected chi connectivity index (χ1v) is 4.73. The number of hydrogen-bond donors (Lipinski definition) is 1. The molecule has 0 spiro atoms. The van der Waals surface area contributed by atoms with E-state index >= 15 is 0 Å². The van der Waals surface area contributed by atoms with E-state index in [0.717, 1.165) is 6.54 Å². The smallest absolute Gasteiger partial charge is 0.0207 e. The molecule has 0 bridgehead atoms. The third-order valence-electron chi connectivity index (χ3n) is 2.81. The van der Waals surface area contributed by atoms with Crippen LogP contribution in [0.4, 0.5) is 0 Å². The molecule has 0 amide bonds. The summed E-state index contributed by atoms with van der Waals surface area (Å²) < 4.78 is 0. The second-order valence-corrected chi connectivity index (χ2v) is 3.84. The third-order valence-corrected chi connectivity index (χ3v) is 2.81. The van der Waals surface area contributed by atoms with Crippen LogP contribution in [0.2, 0.25) is 0 Å². The molecule has 0 aromatic rings. The largest absolute Gasteiger partial charge is 0.307 e. The molecular weight excluding hydrogens is 146 g/mol. The predicted octanol–water partition coefficient (Wildman–Crippen LogP) is 2.65. The summed E-state index contributed by atoms with van der Waals surface area (Å²) in [5.41, 5.74) is 1.71. The second kappa shape index (κ2) is 3.90. The molecule has 1 N–H and O–H groups in total. The molecule has 1 fully saturated rings. The Balaban J connectivity index is 2.28. The van der Waals surface area contributed by atoms with Crippen LogP contribution in [0.3, 0.4) is 0 Å². The molecule has 0 atom stereocenters. The second-order valence-electron chi connectivity index (χ2n) is 3.84. The van der Waals surface area contributed by atoms with E-state index in [1.54, 1.807) is 0 Å². The van der Waals surface area contributed by atoms with Crippen molar-refractivity contribution in [2.24, 2.45) is 0 Å². The summed E-state index contributed by atoms with van der Waals surface area (Å²) >= 11 is 0. The van der Waals surface area contributed by atoms with Crippen molar-refractivity contribution in [3.63, 3.8) is 0 Å². The summed E-state index contributed by atoms with van der Waals surface area (Å²) in [6.07, 6.45) is 8.06. The van der Waals surface area contributed by atoms with Gasteiger partial charge in [0.2, 0.25) is 0 Å². The van der Waals surface area contributed by atoms with Crippen molar-refractivity contribution in [3.8, 4) is 0 Å². The number of hydrogen-bond acceptors (Lipinski definition) is 1. The third kappa shape index (κ3) is 2.21. The van der Waals surface area contributed by atoms with E-state index in [1.807, 2.05) is 6.08 Å². The SMILES string of the molecule is C=C/C(=C\C)CNC1(C)CCC1. The zero-order chi connectivity index (χ0) is 9.03. The van der Waals surface area contributed by atoms with Crippen LogP contribution in [0.25, 0.3) is 0 Å². The van der Waals surface area contributed by atoms with E-state index in [0.29, 0.717) is 5.54 Å². The van der Waals surface area contributed by atoms with Crippen molar-refractivity contribution in [3.05, 3.63) is 24.3 Å². The average Bonchev–Trinajstić information content (AvgIpc) is 2.03. The molecule has 0 saturated heterocycles. The molecule has 0 aromatic carbocycles. The standard InChI is InChI=1S/C11H19N/c1-4-10(5-2)9-12-11(3)7-6-8-11/h4-5,12H,1,6-9H2,2-3H3/b10-5+. The number of allylic oxidation sites excluding steroid dienone is 1. The molecule has 1 saturated carbocycles. The highest BCUT2D eigenvalue weighted by Gasteiger charge is 2.30. The van der Waals surface area contributed by atoms with Gasteiger partial charge < -0.3 is 5.32 Å². The molecule has 0 heterocycles. The maximum absolute atomic E-state index is 3.77. The van der Waals surface area contributed by atoms with Crippen molar-refractivity contribution in [2.75, 3.05) is 6.54 Å². The van der Waals surface area contributed by atoms with Crippen molar-refractivity contribution >= 4 is 0 Å². The Hall–Kier alpha value is -0.560. The predicted molar refractivity (Wildman–Crippen MR) is 54.2 cm³/mol. The fraction of sp³-hybridized carbons (Fsp3) is 0.636. The zero-order valence-electron chi connectivity index (χ0n) is 8.19. The lowest BCUT2D eigenvalue weighted by molar-refractivity contribution is 0.216. The monoisotopic (exact) mass is 165 g/mol. The Labute approximate surface area is 75.6 Å². The maximum atomic E-state index is 3.77. The normalized spacial score (nSPS) is 21.7. The zero-order valence-corrected chi connectivity index (χ0v) is 8.19. The van der Waals surface area contributed by atoms with Crippen molar-refractivity contribution in [2.45, 2.75) is 38.6 Å². The Morgan fingerprint density at radius 3 is 2.58 bits per heavy atom. The molecule has 0 aliphatic heterocycles. The Morgan fingerprint density at radius 2 is 2.25 bits per heavy atom. The number of nitrogens with one attached hydrogen (secondary N) is 1. The van der Waals surface area contributed by atoms with Gasteiger partial charge in [-0.1, -0.05) is 18.7 Å². The van der Waals surface area contributed by atoms with E-state index < -0.39 is 0 Å². The molecule has 0 radical (unpaired) electrons. The summed E-state index contributed by atoms with van der Waals surface area (Å²) in [6, 6.07) is 0. The Morgan fingerprint density at radius 1 is 1.58 bits per heavy atom. The van der Waals surface area contributed by atoms with E-state index in [4.69, 9.17) is 0 Å². The van der Waals surface area contributed by atoms with Crippen LogP contribution >= 0.6 is 0 Å². The van der Waals surface area contributed by atoms with E-state index in [9.17, 15) is 0 Å². The molecule has 68 valence electrons. The van der Waals surface area contributed by atoms with Gasteiger partial charge in [0.05, 0.1) is 0 Å². The van der Waals surface area contributed by atoms with Gasteiger partial charge in [-0.3, -0.25) is 0 Å². The Kier molecular flexibility index (Phi) is 3.10. The van der Waals surface area contributed by atoms with Gasteiger partial charge in [0, 0.05) is 12.1 Å². The van der Waals surface area contributed by atoms with E-state index in [-0.39, 0.29) is 0 Å². The first-order valence-electron chi connectivity index (χ1n) is 4.73. The molecule has 1 aliphatic rings. The van der Waals surface area contributed by atoms with Crippen LogP contribution in [0.15, 0.2) is 24.3 Å². The molecule has 12 heavy (non-hydrogen) atoms. The van der Waals surface area contributed by atoms with Crippen LogP contribution in [-0.4, -0.2) is 12.1 Å². The summed E-state index contributed by atoms with van der Waals surface area (Å²) in [7, 11) is 0. The van der Waals surface area contributed by atoms with Crippen LogP contribution < -0.4 is 5.32 Å². The fourth-order valence-corrected chi connectivity index (χ4v) is 1.49. The van der Waals surface area contributed by atoms with Crippen molar-refractivity contribution in [1.82, 2.24) is 5.32 Å². The Bertz CT molecular complexity index is 187. The van der Waals surface area contributed by atoms with Gasteiger partial charge in [0.25, 0.3) is 0 Å². The van der Waals surface area contributed by atoms with Crippen LogP contribution in [0, 0.1) is 0 Å². The summed E-state index contributed by atoms with van der Waals surface area (Å²) in [6.45, 7) is 9.09. The van der Waals surface area contributed by atoms with Crippen LogP contribution in [-0.2, 0) is 0 Å². The molecule has 1 heteroatoms. The van der Waals surface area contributed by atoms with E-state index in [1.165, 1.54) is 24.8 Å².